The van der Waals surface area contributed by atoms with Crippen molar-refractivity contribution in [2.45, 2.75) is 72.6 Å². The number of likely N-dealkylation sites (N-methyl/N-ethyl adjacent to an activating group) is 1. The van der Waals surface area contributed by atoms with Gasteiger partial charge in [0.2, 0.25) is 10.0 Å². The molecule has 0 aromatic carbocycles. The van der Waals surface area contributed by atoms with Crippen LogP contribution in [0.3, 0.4) is 0 Å². The van der Waals surface area contributed by atoms with Gasteiger partial charge in [0.15, 0.2) is 0 Å². The number of rotatable bonds is 9. The molecule has 0 fully saturated rings. The summed E-state index contributed by atoms with van der Waals surface area (Å²) in [6, 6.07) is -0.256. The fourth-order valence-corrected chi connectivity index (χ4v) is 4.22. The van der Waals surface area contributed by atoms with Gasteiger partial charge in [0.05, 0.1) is 37.0 Å². The maximum Gasteiger partial charge on any atom is 0.211 e. The Labute approximate surface area is 153 Å². The highest BCUT2D eigenvalue weighted by Crippen LogP contribution is 2.38. The van der Waals surface area contributed by atoms with Crippen LogP contribution in [0.15, 0.2) is 12.5 Å². The van der Waals surface area contributed by atoms with Gasteiger partial charge in [-0.3, -0.25) is 0 Å². The molecule has 0 bridgehead atoms. The first-order valence-electron chi connectivity index (χ1n) is 8.72. The van der Waals surface area contributed by atoms with E-state index in [0.29, 0.717) is 6.61 Å². The molecule has 1 aromatic heterocycles. The van der Waals surface area contributed by atoms with E-state index in [4.69, 9.17) is 4.74 Å². The Balaban J connectivity index is 3.12. The van der Waals surface area contributed by atoms with Gasteiger partial charge in [-0.2, -0.15) is 4.31 Å². The van der Waals surface area contributed by atoms with Gasteiger partial charge < -0.3 is 9.30 Å². The molecule has 1 atom stereocenters. The zero-order valence-electron chi connectivity index (χ0n) is 17.2. The van der Waals surface area contributed by atoms with Crippen LogP contribution in [0.4, 0.5) is 0 Å². The van der Waals surface area contributed by atoms with Crippen LogP contribution in [0.5, 0.6) is 0 Å². The molecule has 0 amide bonds. The number of hydrogen-bond acceptors (Lipinski definition) is 4. The number of ether oxygens (including phenoxy) is 1. The van der Waals surface area contributed by atoms with Crippen LogP contribution in [0.2, 0.25) is 0 Å². The first-order valence-corrected chi connectivity index (χ1v) is 10.6. The average molecular weight is 374 g/mol. The smallest absolute Gasteiger partial charge is 0.211 e. The Hall–Kier alpha value is -0.920. The van der Waals surface area contributed by atoms with Gasteiger partial charge in [-0.05, 0) is 46.5 Å². The molecular weight excluding hydrogens is 338 g/mol. The molecule has 1 heterocycles. The van der Waals surface area contributed by atoms with Crippen LogP contribution in [0, 0.1) is 12.3 Å². The van der Waals surface area contributed by atoms with Crippen molar-refractivity contribution in [1.82, 2.24) is 13.9 Å². The number of aryl methyl sites for hydroxylation is 1. The molecule has 1 aromatic rings. The summed E-state index contributed by atoms with van der Waals surface area (Å²) in [5, 5.41) is 0. The molecule has 1 rings (SSSR count). The second-order valence-corrected chi connectivity index (χ2v) is 10.6. The highest BCUT2D eigenvalue weighted by molar-refractivity contribution is 7.88. The van der Waals surface area contributed by atoms with Crippen LogP contribution < -0.4 is 0 Å². The van der Waals surface area contributed by atoms with Gasteiger partial charge in [0, 0.05) is 18.8 Å². The van der Waals surface area contributed by atoms with Crippen molar-refractivity contribution in [3.63, 3.8) is 0 Å². The van der Waals surface area contributed by atoms with E-state index < -0.39 is 10.0 Å². The standard InChI is InChI=1S/C18H35N3O3S/c1-14(2)24-11-16(20(8)25(9,22)23)17(4,5)12-18(6,7)21-10-15(3)19-13-21/h10,13-14,16H,11-12H2,1-9H3. The number of imidazole rings is 1. The van der Waals surface area contributed by atoms with E-state index in [9.17, 15) is 8.42 Å². The van der Waals surface area contributed by atoms with E-state index in [1.165, 1.54) is 10.6 Å². The number of nitrogens with zero attached hydrogens (tertiary/aromatic N) is 3. The summed E-state index contributed by atoms with van der Waals surface area (Å²) in [4.78, 5) is 4.32. The first kappa shape index (κ1) is 22.1. The molecule has 0 N–H and O–H groups in total. The summed E-state index contributed by atoms with van der Waals surface area (Å²) in [7, 11) is -1.68. The van der Waals surface area contributed by atoms with Gasteiger partial charge in [-0.25, -0.2) is 13.4 Å². The summed E-state index contributed by atoms with van der Waals surface area (Å²) in [5.41, 5.74) is 0.479. The van der Waals surface area contributed by atoms with Crippen molar-refractivity contribution < 1.29 is 13.2 Å². The molecule has 0 saturated carbocycles. The van der Waals surface area contributed by atoms with E-state index in [1.807, 2.05) is 33.3 Å². The Morgan fingerprint density at radius 1 is 1.28 bits per heavy atom. The zero-order chi connectivity index (χ0) is 19.6. The summed E-state index contributed by atoms with van der Waals surface area (Å²) in [6.45, 7) is 14.8. The summed E-state index contributed by atoms with van der Waals surface area (Å²) < 4.78 is 33.7. The summed E-state index contributed by atoms with van der Waals surface area (Å²) >= 11 is 0. The third-order valence-electron chi connectivity index (χ3n) is 4.75. The van der Waals surface area contributed by atoms with E-state index in [0.717, 1.165) is 12.1 Å². The average Bonchev–Trinajstić information content (AvgIpc) is 2.83. The predicted octanol–water partition coefficient (Wildman–Crippen LogP) is 3.03. The predicted molar refractivity (Wildman–Crippen MR) is 102 cm³/mol. The van der Waals surface area contributed by atoms with Crippen LogP contribution in [-0.2, 0) is 20.3 Å². The lowest BCUT2D eigenvalue weighted by atomic mass is 9.74. The van der Waals surface area contributed by atoms with Crippen molar-refractivity contribution in [2.24, 2.45) is 5.41 Å². The quantitative estimate of drug-likeness (QED) is 0.667. The Morgan fingerprint density at radius 3 is 2.24 bits per heavy atom. The molecule has 7 heteroatoms. The Bertz CT molecular complexity index is 663. The van der Waals surface area contributed by atoms with Crippen LogP contribution >= 0.6 is 0 Å². The van der Waals surface area contributed by atoms with Crippen LogP contribution in [-0.4, -0.2) is 54.3 Å². The monoisotopic (exact) mass is 373 g/mol. The second kappa shape index (κ2) is 7.76. The van der Waals surface area contributed by atoms with Gasteiger partial charge >= 0.3 is 0 Å². The van der Waals surface area contributed by atoms with E-state index >= 15 is 0 Å². The largest absolute Gasteiger partial charge is 0.377 e. The molecule has 1 unspecified atom stereocenters. The van der Waals surface area contributed by atoms with Crippen molar-refractivity contribution in [2.75, 3.05) is 19.9 Å². The molecule has 0 aliphatic rings. The summed E-state index contributed by atoms with van der Waals surface area (Å²) in [6.07, 6.45) is 5.94. The fourth-order valence-electron chi connectivity index (χ4n) is 3.41. The molecule has 0 spiro atoms. The molecule has 0 aliphatic carbocycles. The topological polar surface area (TPSA) is 64.4 Å². The highest BCUT2D eigenvalue weighted by Gasteiger charge is 2.41. The summed E-state index contributed by atoms with van der Waals surface area (Å²) in [5.74, 6) is 0. The maximum atomic E-state index is 12.2. The molecule has 0 aliphatic heterocycles. The van der Waals surface area contributed by atoms with Gasteiger partial charge in [-0.15, -0.1) is 0 Å². The van der Waals surface area contributed by atoms with Gasteiger partial charge in [0.1, 0.15) is 0 Å². The van der Waals surface area contributed by atoms with Crippen molar-refractivity contribution in [3.8, 4) is 0 Å². The lowest BCUT2D eigenvalue weighted by Gasteiger charge is -2.44. The highest BCUT2D eigenvalue weighted by atomic mass is 32.2. The maximum absolute atomic E-state index is 12.2. The minimum Gasteiger partial charge on any atom is -0.377 e. The zero-order valence-corrected chi connectivity index (χ0v) is 18.0. The third-order valence-corrected chi connectivity index (χ3v) is 6.05. The second-order valence-electron chi connectivity index (χ2n) is 8.58. The number of aromatic nitrogens is 2. The molecule has 6 nitrogen and oxygen atoms in total. The minimum atomic E-state index is -3.32. The van der Waals surface area contributed by atoms with Gasteiger partial charge in [-0.1, -0.05) is 13.8 Å². The molecule has 0 saturated heterocycles. The first-order chi connectivity index (χ1) is 11.2. The molecule has 146 valence electrons. The van der Waals surface area contributed by atoms with E-state index in [1.54, 1.807) is 7.05 Å². The fraction of sp³-hybridized carbons (Fsp3) is 0.833. The van der Waals surface area contributed by atoms with Crippen molar-refractivity contribution in [3.05, 3.63) is 18.2 Å². The molecule has 25 heavy (non-hydrogen) atoms. The lowest BCUT2D eigenvalue weighted by Crippen LogP contribution is -2.51. The molecular formula is C18H35N3O3S. The lowest BCUT2D eigenvalue weighted by molar-refractivity contribution is 0.000115. The minimum absolute atomic E-state index is 0.0515. The SMILES string of the molecule is Cc1cn(C(C)(C)CC(C)(C)C(COC(C)C)N(C)S(C)(=O)=O)cn1. The van der Waals surface area contributed by atoms with E-state index in [-0.39, 0.29) is 23.1 Å². The van der Waals surface area contributed by atoms with Crippen molar-refractivity contribution in [1.29, 1.82) is 0 Å². The van der Waals surface area contributed by atoms with Crippen LogP contribution in [0.25, 0.3) is 0 Å². The van der Waals surface area contributed by atoms with Crippen LogP contribution in [0.1, 0.15) is 53.7 Å². The Kier molecular flexibility index (Phi) is 6.87. The third kappa shape index (κ3) is 6.08. The van der Waals surface area contributed by atoms with E-state index in [2.05, 4.69) is 37.2 Å². The normalized spacial score (nSPS) is 15.2. The van der Waals surface area contributed by atoms with Gasteiger partial charge in [0.25, 0.3) is 0 Å². The Morgan fingerprint density at radius 2 is 1.84 bits per heavy atom. The van der Waals surface area contributed by atoms with Crippen molar-refractivity contribution >= 4 is 10.0 Å². The molecule has 0 radical (unpaired) electrons. The number of hydrogen-bond donors (Lipinski definition) is 0. The number of sulfonamides is 1.